The first-order valence-electron chi connectivity index (χ1n) is 6.23. The van der Waals surface area contributed by atoms with E-state index in [0.29, 0.717) is 6.42 Å². The molecule has 0 radical (unpaired) electrons. The summed E-state index contributed by atoms with van der Waals surface area (Å²) in [6.45, 7) is 3.76. The molecule has 0 aliphatic heterocycles. The number of benzene rings is 1. The van der Waals surface area contributed by atoms with E-state index in [-0.39, 0.29) is 21.2 Å². The fourth-order valence-electron chi connectivity index (χ4n) is 1.59. The van der Waals surface area contributed by atoms with Gasteiger partial charge in [0.2, 0.25) is 10.0 Å². The van der Waals surface area contributed by atoms with Gasteiger partial charge in [-0.25, -0.2) is 17.5 Å². The zero-order valence-electron chi connectivity index (χ0n) is 11.6. The van der Waals surface area contributed by atoms with Gasteiger partial charge in [-0.3, -0.25) is 0 Å². The Morgan fingerprint density at radius 3 is 2.76 bits per heavy atom. The van der Waals surface area contributed by atoms with Crippen LogP contribution >= 0.6 is 39.3 Å². The molecule has 0 fully saturated rings. The first-order chi connectivity index (χ1) is 9.70. The lowest BCUT2D eigenvalue weighted by molar-refractivity contribution is 0.541. The molecule has 1 aromatic carbocycles. The molecule has 1 aromatic rings. The van der Waals surface area contributed by atoms with Crippen LogP contribution in [0.1, 0.15) is 20.3 Å². The summed E-state index contributed by atoms with van der Waals surface area (Å²) in [4.78, 5) is -0.539. The molecular weight excluding hydrogens is 403 g/mol. The van der Waals surface area contributed by atoms with Crippen LogP contribution in [0.5, 0.6) is 0 Å². The number of nitrogen functional groups attached to an aromatic ring is 1. The molecule has 0 bridgehead atoms. The molecule has 0 spiro atoms. The Morgan fingerprint density at radius 1 is 1.57 bits per heavy atom. The zero-order chi connectivity index (χ0) is 16.2. The number of sulfonamides is 1. The summed E-state index contributed by atoms with van der Waals surface area (Å²) in [5.74, 6) is 0.785. The van der Waals surface area contributed by atoms with Crippen molar-refractivity contribution in [1.29, 1.82) is 0 Å². The Kier molecular flexibility index (Phi) is 7.26. The average molecular weight is 420 g/mol. The predicted molar refractivity (Wildman–Crippen MR) is 90.9 cm³/mol. The monoisotopic (exact) mass is 418 g/mol. The van der Waals surface area contributed by atoms with Gasteiger partial charge in [-0.15, -0.1) is 0 Å². The van der Waals surface area contributed by atoms with Crippen LogP contribution in [0.25, 0.3) is 0 Å². The highest BCUT2D eigenvalue weighted by Gasteiger charge is 2.25. The van der Waals surface area contributed by atoms with Crippen molar-refractivity contribution in [2.45, 2.75) is 31.2 Å². The van der Waals surface area contributed by atoms with Crippen molar-refractivity contribution in [2.75, 3.05) is 17.2 Å². The van der Waals surface area contributed by atoms with Crippen molar-refractivity contribution in [3.05, 3.63) is 21.4 Å². The average Bonchev–Trinajstić information content (AvgIpc) is 2.40. The summed E-state index contributed by atoms with van der Waals surface area (Å²) in [7, 11) is -4.01. The van der Waals surface area contributed by atoms with Crippen LogP contribution < -0.4 is 10.5 Å². The van der Waals surface area contributed by atoms with Gasteiger partial charge >= 0.3 is 0 Å². The molecular formula is C12H17BrClFN2O2S2. The lowest BCUT2D eigenvalue weighted by Gasteiger charge is -2.15. The van der Waals surface area contributed by atoms with Gasteiger partial charge in [-0.2, -0.15) is 11.8 Å². The molecule has 0 aliphatic rings. The number of thioether (sulfide) groups is 1. The first-order valence-corrected chi connectivity index (χ1v) is 10.0. The number of halogens is 3. The van der Waals surface area contributed by atoms with E-state index >= 15 is 0 Å². The number of anilines is 1. The normalized spacial score (nSPS) is 13.4. The van der Waals surface area contributed by atoms with E-state index < -0.39 is 20.7 Å². The second kappa shape index (κ2) is 8.01. The Balaban J connectivity index is 2.99. The quantitative estimate of drug-likeness (QED) is 0.402. The van der Waals surface area contributed by atoms with Crippen LogP contribution in [0.3, 0.4) is 0 Å². The molecule has 3 N–H and O–H groups in total. The number of nitrogens with two attached hydrogens (primary N) is 1. The number of hydrogen-bond donors (Lipinski definition) is 2. The lowest BCUT2D eigenvalue weighted by atomic mass is 10.3. The van der Waals surface area contributed by atoms with Crippen LogP contribution in [0, 0.1) is 5.82 Å². The summed E-state index contributed by atoms with van der Waals surface area (Å²) in [5, 5.41) is 0.0449. The molecule has 0 heterocycles. The van der Waals surface area contributed by atoms with E-state index in [4.69, 9.17) is 17.3 Å². The van der Waals surface area contributed by atoms with Gasteiger partial charge in [0.25, 0.3) is 0 Å². The Hall–Kier alpha value is -0.0200. The lowest BCUT2D eigenvalue weighted by Crippen LogP contribution is -2.33. The predicted octanol–water partition coefficient (Wildman–Crippen LogP) is 3.63. The van der Waals surface area contributed by atoms with Crippen LogP contribution in [0.4, 0.5) is 10.1 Å². The van der Waals surface area contributed by atoms with Crippen molar-refractivity contribution < 1.29 is 12.8 Å². The van der Waals surface area contributed by atoms with Crippen LogP contribution in [0.15, 0.2) is 15.4 Å². The third-order valence-corrected chi connectivity index (χ3v) is 6.60. The molecule has 1 rings (SSSR count). The number of nitrogens with one attached hydrogen (secondary N) is 1. The second-order valence-corrected chi connectivity index (χ2v) is 8.68. The van der Waals surface area contributed by atoms with Gasteiger partial charge in [0.05, 0.1) is 15.2 Å². The zero-order valence-corrected chi connectivity index (χ0v) is 15.6. The Bertz CT molecular complexity index is 614. The fraction of sp³-hybridized carbons (Fsp3) is 0.500. The van der Waals surface area contributed by atoms with Crippen molar-refractivity contribution in [3.63, 3.8) is 0 Å². The van der Waals surface area contributed by atoms with Crippen molar-refractivity contribution in [2.24, 2.45) is 0 Å². The fourth-order valence-corrected chi connectivity index (χ4v) is 4.35. The van der Waals surface area contributed by atoms with Gasteiger partial charge in [-0.1, -0.05) is 18.5 Å². The maximum atomic E-state index is 14.1. The van der Waals surface area contributed by atoms with Gasteiger partial charge in [0, 0.05) is 6.04 Å². The number of hydrogen-bond acceptors (Lipinski definition) is 4. The van der Waals surface area contributed by atoms with E-state index in [2.05, 4.69) is 20.7 Å². The Labute approximate surface area is 142 Å². The standard InChI is InChI=1S/C12H17BrClFN2O2S2/c1-3-20-5-4-7(2)17-21(18,19)9-6-8(14)10(13)12(16)11(9)15/h6-7,17H,3-5,16H2,1-2H3. The molecule has 0 aromatic heterocycles. The highest BCUT2D eigenvalue weighted by Crippen LogP contribution is 2.34. The summed E-state index contributed by atoms with van der Waals surface area (Å²) in [6, 6.07) is 0.741. The summed E-state index contributed by atoms with van der Waals surface area (Å²) < 4.78 is 41.1. The molecule has 120 valence electrons. The molecule has 1 unspecified atom stereocenters. The summed E-state index contributed by atoms with van der Waals surface area (Å²) in [6.07, 6.45) is 0.652. The smallest absolute Gasteiger partial charge is 0.243 e. The summed E-state index contributed by atoms with van der Waals surface area (Å²) >= 11 is 10.6. The largest absolute Gasteiger partial charge is 0.395 e. The third-order valence-electron chi connectivity index (χ3n) is 2.70. The molecule has 0 aliphatic carbocycles. The molecule has 21 heavy (non-hydrogen) atoms. The minimum atomic E-state index is -4.01. The molecule has 9 heteroatoms. The van der Waals surface area contributed by atoms with Crippen LogP contribution in [-0.4, -0.2) is 26.0 Å². The van der Waals surface area contributed by atoms with Crippen LogP contribution in [0.2, 0.25) is 5.02 Å². The van der Waals surface area contributed by atoms with Gasteiger partial charge in [-0.05, 0) is 46.8 Å². The van der Waals surface area contributed by atoms with E-state index in [0.717, 1.165) is 17.6 Å². The van der Waals surface area contributed by atoms with E-state index in [1.54, 1.807) is 18.7 Å². The topological polar surface area (TPSA) is 72.2 Å². The maximum Gasteiger partial charge on any atom is 0.243 e. The van der Waals surface area contributed by atoms with Crippen molar-refractivity contribution in [1.82, 2.24) is 4.72 Å². The van der Waals surface area contributed by atoms with E-state index in [9.17, 15) is 12.8 Å². The highest BCUT2D eigenvalue weighted by molar-refractivity contribution is 9.10. The van der Waals surface area contributed by atoms with Crippen molar-refractivity contribution >= 4 is 55.0 Å². The maximum absolute atomic E-state index is 14.1. The van der Waals surface area contributed by atoms with Crippen LogP contribution in [-0.2, 0) is 10.0 Å². The van der Waals surface area contributed by atoms with Gasteiger partial charge in [0.15, 0.2) is 5.82 Å². The van der Waals surface area contributed by atoms with E-state index in [1.165, 1.54) is 0 Å². The Morgan fingerprint density at radius 2 is 2.19 bits per heavy atom. The number of rotatable bonds is 7. The van der Waals surface area contributed by atoms with Gasteiger partial charge < -0.3 is 5.73 Å². The summed E-state index contributed by atoms with van der Waals surface area (Å²) in [5.41, 5.74) is 5.19. The highest BCUT2D eigenvalue weighted by atomic mass is 79.9. The minimum absolute atomic E-state index is 0.0449. The molecule has 1 atom stereocenters. The van der Waals surface area contributed by atoms with E-state index in [1.807, 2.05) is 6.92 Å². The second-order valence-electron chi connectivity index (χ2n) is 4.41. The molecule has 0 saturated heterocycles. The first kappa shape index (κ1) is 19.0. The molecule has 0 saturated carbocycles. The molecule has 0 amide bonds. The minimum Gasteiger partial charge on any atom is -0.395 e. The molecule has 4 nitrogen and oxygen atoms in total. The SMILES string of the molecule is CCSCCC(C)NS(=O)(=O)c1cc(Cl)c(Br)c(N)c1F. The van der Waals surface area contributed by atoms with Gasteiger partial charge in [0.1, 0.15) is 4.90 Å². The van der Waals surface area contributed by atoms with Crippen molar-refractivity contribution in [3.8, 4) is 0 Å². The third kappa shape index (κ3) is 4.99.